The van der Waals surface area contributed by atoms with Gasteiger partial charge in [-0.25, -0.2) is 15.4 Å². The molecule has 2 N–H and O–H groups in total. The van der Waals surface area contributed by atoms with E-state index in [4.69, 9.17) is 0 Å². The van der Waals surface area contributed by atoms with Gasteiger partial charge < -0.3 is 9.80 Å². The molecule has 0 bridgehead atoms. The molecule has 10 nitrogen and oxygen atoms in total. The van der Waals surface area contributed by atoms with E-state index in [1.54, 1.807) is 9.80 Å². The lowest BCUT2D eigenvalue weighted by molar-refractivity contribution is -0.193. The summed E-state index contributed by atoms with van der Waals surface area (Å²) in [6.07, 6.45) is -5.19. The number of carbonyl (C=O) groups excluding carboxylic acids is 2. The zero-order valence-electron chi connectivity index (χ0n) is 22.4. The number of anilines is 1. The molecule has 0 aromatic carbocycles. The first-order valence-corrected chi connectivity index (χ1v) is 13.9. The van der Waals surface area contributed by atoms with Gasteiger partial charge in [0.1, 0.15) is 5.92 Å². The zero-order chi connectivity index (χ0) is 29.4. The van der Waals surface area contributed by atoms with Crippen molar-refractivity contribution in [2.24, 2.45) is 5.92 Å². The number of aromatic nitrogens is 2. The fourth-order valence-electron chi connectivity index (χ4n) is 6.32. The van der Waals surface area contributed by atoms with Crippen LogP contribution in [0.15, 0.2) is 12.4 Å². The van der Waals surface area contributed by atoms with Gasteiger partial charge in [0, 0.05) is 63.6 Å². The number of carbonyl (C=O) groups is 2. The minimum Gasteiger partial charge on any atom is -0.339 e. The Balaban J connectivity index is 1.17. The predicted molar refractivity (Wildman–Crippen MR) is 134 cm³/mol. The van der Waals surface area contributed by atoms with E-state index in [2.05, 4.69) is 25.7 Å². The van der Waals surface area contributed by atoms with Gasteiger partial charge in [-0.1, -0.05) is 0 Å². The highest BCUT2D eigenvalue weighted by molar-refractivity contribution is 5.79. The van der Waals surface area contributed by atoms with Crippen molar-refractivity contribution in [3.8, 4) is 0 Å². The summed E-state index contributed by atoms with van der Waals surface area (Å²) < 4.78 is 78.9. The second-order valence-corrected chi connectivity index (χ2v) is 11.1. The number of amides is 2. The molecule has 0 aliphatic carbocycles. The van der Waals surface area contributed by atoms with Gasteiger partial charge in [-0.05, 0) is 45.2 Å². The number of likely N-dealkylation sites (tertiary alicyclic amines) is 2. The summed E-state index contributed by atoms with van der Waals surface area (Å²) in [5.41, 5.74) is 4.05. The third-order valence-corrected chi connectivity index (χ3v) is 8.60. The molecule has 0 radical (unpaired) electrons. The van der Waals surface area contributed by atoms with E-state index in [9.17, 15) is 35.9 Å². The van der Waals surface area contributed by atoms with Crippen LogP contribution in [0.25, 0.3) is 0 Å². The lowest BCUT2D eigenvalue weighted by Crippen LogP contribution is -2.63. The zero-order valence-corrected chi connectivity index (χ0v) is 22.4. The number of alkyl halides is 6. The molecule has 5 rings (SSSR count). The minimum atomic E-state index is -4.64. The Morgan fingerprint density at radius 1 is 0.951 bits per heavy atom. The normalized spacial score (nSPS) is 28.8. The molecular formula is C25H34F6N8O2. The van der Waals surface area contributed by atoms with Crippen molar-refractivity contribution in [1.82, 2.24) is 35.5 Å². The average molecular weight is 593 g/mol. The van der Waals surface area contributed by atoms with Crippen LogP contribution in [0, 0.1) is 5.92 Å². The second kappa shape index (κ2) is 11.9. The van der Waals surface area contributed by atoms with Crippen LogP contribution in [0.3, 0.4) is 0 Å². The Kier molecular flexibility index (Phi) is 8.62. The van der Waals surface area contributed by atoms with E-state index < -0.39 is 35.9 Å². The number of hydrogen-bond acceptors (Lipinski definition) is 8. The first-order chi connectivity index (χ1) is 19.4. The van der Waals surface area contributed by atoms with Crippen LogP contribution < -0.4 is 15.8 Å². The monoisotopic (exact) mass is 592 g/mol. The highest BCUT2D eigenvalue weighted by atomic mass is 19.4. The Morgan fingerprint density at radius 2 is 1.61 bits per heavy atom. The van der Waals surface area contributed by atoms with Gasteiger partial charge in [0.25, 0.3) is 0 Å². The average Bonchev–Trinajstić information content (AvgIpc) is 3.62. The SMILES string of the molecule is O=C1NNC(N2C[C@H](N3CCCC3)C[C@H]2CCC(=O)N2CCN(c3ncc(C(F)(F)F)cn3)CC2)CC1C(F)(F)F. The third kappa shape index (κ3) is 6.85. The Morgan fingerprint density at radius 3 is 2.22 bits per heavy atom. The van der Waals surface area contributed by atoms with Crippen molar-refractivity contribution < 1.29 is 35.9 Å². The molecule has 4 atom stereocenters. The van der Waals surface area contributed by atoms with Crippen molar-refractivity contribution in [3.63, 3.8) is 0 Å². The molecule has 4 aliphatic heterocycles. The molecule has 4 aliphatic rings. The summed E-state index contributed by atoms with van der Waals surface area (Å²) in [6, 6.07) is 0.0430. The number of rotatable bonds is 6. The molecule has 16 heteroatoms. The van der Waals surface area contributed by atoms with Crippen molar-refractivity contribution >= 4 is 17.8 Å². The number of halogens is 6. The smallest absolute Gasteiger partial charge is 0.339 e. The van der Waals surface area contributed by atoms with Crippen molar-refractivity contribution in [2.75, 3.05) is 50.7 Å². The number of hydrogen-bond donors (Lipinski definition) is 2. The summed E-state index contributed by atoms with van der Waals surface area (Å²) in [6.45, 7) is 3.90. The van der Waals surface area contributed by atoms with Crippen molar-refractivity contribution in [2.45, 2.75) is 69.1 Å². The van der Waals surface area contributed by atoms with Gasteiger partial charge in [-0.2, -0.15) is 26.3 Å². The summed E-state index contributed by atoms with van der Waals surface area (Å²) in [4.78, 5) is 40.4. The standard InChI is InChI=1S/C25H34F6N8O2/c26-24(27,28)16-13-32-23(33-14-16)38-9-7-37(8-10-38)21(40)4-3-17-11-18(36-5-1-2-6-36)15-39(17)20-12-19(25(29,30)31)22(41)35-34-20/h13-14,17-20,34H,1-12,15H2,(H,35,41)/t17-,18-,19?,20?/m1/s1. The number of nitrogens with zero attached hydrogens (tertiary/aromatic N) is 6. The van der Waals surface area contributed by atoms with Crippen LogP contribution >= 0.6 is 0 Å². The van der Waals surface area contributed by atoms with Crippen LogP contribution in [-0.4, -0.2) is 107 Å². The molecular weight excluding hydrogens is 558 g/mol. The summed E-state index contributed by atoms with van der Waals surface area (Å²) >= 11 is 0. The highest BCUT2D eigenvalue weighted by Crippen LogP contribution is 2.36. The molecule has 2 unspecified atom stereocenters. The van der Waals surface area contributed by atoms with Crippen LogP contribution in [-0.2, 0) is 15.8 Å². The summed E-state index contributed by atoms with van der Waals surface area (Å²) in [7, 11) is 0. The molecule has 41 heavy (non-hydrogen) atoms. The molecule has 4 saturated heterocycles. The van der Waals surface area contributed by atoms with E-state index in [-0.39, 0.29) is 36.8 Å². The number of nitrogens with one attached hydrogen (secondary N) is 2. The maximum absolute atomic E-state index is 13.5. The second-order valence-electron chi connectivity index (χ2n) is 11.1. The van der Waals surface area contributed by atoms with Gasteiger partial charge in [-0.15, -0.1) is 0 Å². The molecule has 1 aromatic rings. The summed E-state index contributed by atoms with van der Waals surface area (Å²) in [5, 5.41) is 0. The van der Waals surface area contributed by atoms with Crippen molar-refractivity contribution in [3.05, 3.63) is 18.0 Å². The number of hydrazine groups is 1. The van der Waals surface area contributed by atoms with Crippen LogP contribution in [0.1, 0.15) is 44.1 Å². The van der Waals surface area contributed by atoms with E-state index in [0.717, 1.165) is 44.7 Å². The van der Waals surface area contributed by atoms with Crippen LogP contribution in [0.4, 0.5) is 32.3 Å². The molecule has 0 saturated carbocycles. The van der Waals surface area contributed by atoms with Gasteiger partial charge >= 0.3 is 12.4 Å². The van der Waals surface area contributed by atoms with Crippen LogP contribution in [0.2, 0.25) is 0 Å². The lowest BCUT2D eigenvalue weighted by atomic mass is 9.98. The van der Waals surface area contributed by atoms with Gasteiger partial charge in [0.15, 0.2) is 0 Å². The summed E-state index contributed by atoms with van der Waals surface area (Å²) in [5.74, 6) is -3.09. The first kappa shape index (κ1) is 29.8. The van der Waals surface area contributed by atoms with Crippen molar-refractivity contribution in [1.29, 1.82) is 0 Å². The van der Waals surface area contributed by atoms with Gasteiger partial charge in [0.05, 0.1) is 11.7 Å². The fourth-order valence-corrected chi connectivity index (χ4v) is 6.32. The Labute approximate surface area is 233 Å². The largest absolute Gasteiger partial charge is 0.419 e. The van der Waals surface area contributed by atoms with E-state index in [1.165, 1.54) is 0 Å². The molecule has 0 spiro atoms. The van der Waals surface area contributed by atoms with E-state index in [0.29, 0.717) is 39.1 Å². The van der Waals surface area contributed by atoms with Gasteiger partial charge in [-0.3, -0.25) is 24.8 Å². The Hall–Kier alpha value is -2.72. The predicted octanol–water partition coefficient (Wildman–Crippen LogP) is 1.99. The maximum Gasteiger partial charge on any atom is 0.419 e. The molecule has 228 valence electrons. The lowest BCUT2D eigenvalue weighted by Gasteiger charge is -2.39. The van der Waals surface area contributed by atoms with Crippen LogP contribution in [0.5, 0.6) is 0 Å². The quantitative estimate of drug-likeness (QED) is 0.485. The van der Waals surface area contributed by atoms with Gasteiger partial charge in [0.2, 0.25) is 17.8 Å². The molecule has 4 fully saturated rings. The molecule has 5 heterocycles. The topological polar surface area (TPSA) is 96.9 Å². The van der Waals surface area contributed by atoms with E-state index in [1.807, 2.05) is 4.90 Å². The highest BCUT2D eigenvalue weighted by Gasteiger charge is 2.51. The Bertz CT molecular complexity index is 1070. The minimum absolute atomic E-state index is 0.0827. The van der Waals surface area contributed by atoms with E-state index >= 15 is 0 Å². The first-order valence-electron chi connectivity index (χ1n) is 13.9. The third-order valence-electron chi connectivity index (χ3n) is 8.60. The molecule has 1 aromatic heterocycles. The number of piperazine rings is 1. The fraction of sp³-hybridized carbons (Fsp3) is 0.760. The maximum atomic E-state index is 13.5. The molecule has 2 amide bonds.